The first kappa shape index (κ1) is 16.1. The lowest BCUT2D eigenvalue weighted by Crippen LogP contribution is -2.22. The molecule has 0 bridgehead atoms. The van der Waals surface area contributed by atoms with Crippen molar-refractivity contribution < 1.29 is 8.78 Å². The Balaban J connectivity index is 2.39. The smallest absolute Gasteiger partial charge is 0.132 e. The number of aryl methyl sites for hydroxylation is 2. The molecule has 2 rings (SSSR count). The molecule has 1 atom stereocenters. The Morgan fingerprint density at radius 3 is 2.29 bits per heavy atom. The topological polar surface area (TPSA) is 12.0 Å². The summed E-state index contributed by atoms with van der Waals surface area (Å²) in [5, 5.41) is 3.02. The molecule has 1 N–H and O–H groups in total. The molecule has 0 fully saturated rings. The lowest BCUT2D eigenvalue weighted by molar-refractivity contribution is 0.488. The molecule has 0 aliphatic rings. The Kier molecular flexibility index (Phi) is 5.12. The summed E-state index contributed by atoms with van der Waals surface area (Å²) in [5.74, 6) is -1.07. The fraction of sp³-hybridized carbons (Fsp3) is 0.294. The second kappa shape index (κ2) is 6.67. The van der Waals surface area contributed by atoms with Gasteiger partial charge in [0.05, 0.1) is 0 Å². The van der Waals surface area contributed by atoms with Crippen molar-refractivity contribution >= 4 is 15.9 Å². The maximum absolute atomic E-state index is 14.1. The zero-order valence-corrected chi connectivity index (χ0v) is 13.9. The fourth-order valence-corrected chi connectivity index (χ4v) is 2.88. The standard InChI is InChI=1S/C17H18BrF2N/c1-10-4-5-11(2)12(6-10)7-16(21-3)17-14(19)8-13(18)9-15(17)20/h4-6,8-9,16,21H,7H2,1-3H3. The Hall–Kier alpha value is -1.26. The number of benzene rings is 2. The largest absolute Gasteiger partial charge is 0.313 e. The van der Waals surface area contributed by atoms with Crippen LogP contribution in [0, 0.1) is 25.5 Å². The van der Waals surface area contributed by atoms with Crippen LogP contribution in [-0.2, 0) is 6.42 Å². The minimum Gasteiger partial charge on any atom is -0.313 e. The average Bonchev–Trinajstić information content (AvgIpc) is 2.40. The summed E-state index contributed by atoms with van der Waals surface area (Å²) in [4.78, 5) is 0. The first-order chi connectivity index (χ1) is 9.92. The Labute approximate surface area is 132 Å². The molecular weight excluding hydrogens is 336 g/mol. The molecule has 112 valence electrons. The van der Waals surface area contributed by atoms with Crippen LogP contribution in [0.5, 0.6) is 0 Å². The van der Waals surface area contributed by atoms with E-state index >= 15 is 0 Å². The van der Waals surface area contributed by atoms with Gasteiger partial charge in [-0.1, -0.05) is 39.7 Å². The lowest BCUT2D eigenvalue weighted by atomic mass is 9.94. The molecule has 0 aromatic heterocycles. The molecule has 2 aromatic carbocycles. The highest BCUT2D eigenvalue weighted by Crippen LogP contribution is 2.28. The van der Waals surface area contributed by atoms with Gasteiger partial charge in [-0.15, -0.1) is 0 Å². The van der Waals surface area contributed by atoms with Crippen molar-refractivity contribution in [2.45, 2.75) is 26.3 Å². The summed E-state index contributed by atoms with van der Waals surface area (Å²) < 4.78 is 28.6. The van der Waals surface area contributed by atoms with E-state index in [0.29, 0.717) is 10.9 Å². The molecule has 21 heavy (non-hydrogen) atoms. The first-order valence-corrected chi connectivity index (χ1v) is 7.59. The zero-order valence-electron chi connectivity index (χ0n) is 12.3. The van der Waals surface area contributed by atoms with E-state index in [9.17, 15) is 8.78 Å². The maximum atomic E-state index is 14.1. The second-order valence-electron chi connectivity index (χ2n) is 5.26. The highest BCUT2D eigenvalue weighted by Gasteiger charge is 2.20. The van der Waals surface area contributed by atoms with E-state index in [-0.39, 0.29) is 5.56 Å². The predicted octanol–water partition coefficient (Wildman–Crippen LogP) is 4.85. The number of rotatable bonds is 4. The highest BCUT2D eigenvalue weighted by molar-refractivity contribution is 9.10. The van der Waals surface area contributed by atoms with Crippen LogP contribution in [-0.4, -0.2) is 7.05 Å². The van der Waals surface area contributed by atoms with Gasteiger partial charge in [-0.25, -0.2) is 8.78 Å². The van der Waals surface area contributed by atoms with Crippen LogP contribution < -0.4 is 5.32 Å². The van der Waals surface area contributed by atoms with Gasteiger partial charge in [-0.3, -0.25) is 0 Å². The predicted molar refractivity (Wildman–Crippen MR) is 85.5 cm³/mol. The van der Waals surface area contributed by atoms with Crippen LogP contribution in [0.25, 0.3) is 0 Å². The Morgan fingerprint density at radius 1 is 1.10 bits per heavy atom. The van der Waals surface area contributed by atoms with Crippen molar-refractivity contribution in [3.63, 3.8) is 0 Å². The molecule has 0 saturated carbocycles. The molecule has 2 aromatic rings. The van der Waals surface area contributed by atoms with E-state index in [4.69, 9.17) is 0 Å². The van der Waals surface area contributed by atoms with Crippen molar-refractivity contribution in [1.29, 1.82) is 0 Å². The van der Waals surface area contributed by atoms with Crippen molar-refractivity contribution in [2.75, 3.05) is 7.05 Å². The minimum absolute atomic E-state index is 0.0848. The van der Waals surface area contributed by atoms with Gasteiger partial charge < -0.3 is 5.32 Å². The minimum atomic E-state index is -0.536. The molecule has 0 amide bonds. The van der Waals surface area contributed by atoms with Crippen molar-refractivity contribution in [3.8, 4) is 0 Å². The Morgan fingerprint density at radius 2 is 1.71 bits per heavy atom. The first-order valence-electron chi connectivity index (χ1n) is 6.80. The van der Waals surface area contributed by atoms with Crippen molar-refractivity contribution in [1.82, 2.24) is 5.32 Å². The number of hydrogen-bond acceptors (Lipinski definition) is 1. The quantitative estimate of drug-likeness (QED) is 0.828. The van der Waals surface area contributed by atoms with E-state index in [2.05, 4.69) is 27.3 Å². The van der Waals surface area contributed by atoms with Crippen LogP contribution in [0.4, 0.5) is 8.78 Å². The van der Waals surface area contributed by atoms with Gasteiger partial charge in [0, 0.05) is 16.1 Å². The zero-order chi connectivity index (χ0) is 15.6. The van der Waals surface area contributed by atoms with E-state index in [1.807, 2.05) is 26.0 Å². The average molecular weight is 354 g/mol. The van der Waals surface area contributed by atoms with E-state index in [0.717, 1.165) is 16.7 Å². The summed E-state index contributed by atoms with van der Waals surface area (Å²) in [6, 6.07) is 8.32. The molecule has 0 spiro atoms. The lowest BCUT2D eigenvalue weighted by Gasteiger charge is -2.20. The molecule has 0 aliphatic heterocycles. The van der Waals surface area contributed by atoms with Crippen molar-refractivity contribution in [2.24, 2.45) is 0 Å². The molecule has 0 saturated heterocycles. The summed E-state index contributed by atoms with van der Waals surface area (Å²) >= 11 is 3.11. The SMILES string of the molecule is CNC(Cc1cc(C)ccc1C)c1c(F)cc(Br)cc1F. The van der Waals surface area contributed by atoms with Gasteiger partial charge in [0.2, 0.25) is 0 Å². The normalized spacial score (nSPS) is 12.5. The van der Waals surface area contributed by atoms with Gasteiger partial charge in [0.1, 0.15) is 11.6 Å². The maximum Gasteiger partial charge on any atom is 0.132 e. The van der Waals surface area contributed by atoms with Gasteiger partial charge in [-0.05, 0) is 50.6 Å². The van der Waals surface area contributed by atoms with Gasteiger partial charge in [0.25, 0.3) is 0 Å². The number of halogens is 3. The van der Waals surface area contributed by atoms with Gasteiger partial charge in [-0.2, -0.15) is 0 Å². The van der Waals surface area contributed by atoms with Crippen molar-refractivity contribution in [3.05, 3.63) is 68.7 Å². The van der Waals surface area contributed by atoms with E-state index < -0.39 is 17.7 Å². The summed E-state index contributed by atoms with van der Waals surface area (Å²) in [6.07, 6.45) is 0.541. The second-order valence-corrected chi connectivity index (χ2v) is 6.17. The molecular formula is C17H18BrF2N. The Bertz CT molecular complexity index is 632. The summed E-state index contributed by atoms with van der Waals surface area (Å²) in [7, 11) is 1.72. The number of nitrogens with one attached hydrogen (secondary N) is 1. The van der Waals surface area contributed by atoms with Gasteiger partial charge in [0.15, 0.2) is 0 Å². The van der Waals surface area contributed by atoms with Crippen LogP contribution in [0.2, 0.25) is 0 Å². The number of likely N-dealkylation sites (N-methyl/N-ethyl adjacent to an activating group) is 1. The number of hydrogen-bond donors (Lipinski definition) is 1. The highest BCUT2D eigenvalue weighted by atomic mass is 79.9. The van der Waals surface area contributed by atoms with E-state index in [1.165, 1.54) is 12.1 Å². The molecule has 1 unspecified atom stereocenters. The molecule has 0 radical (unpaired) electrons. The molecule has 0 aliphatic carbocycles. The third kappa shape index (κ3) is 3.69. The summed E-state index contributed by atoms with van der Waals surface area (Å²) in [6.45, 7) is 4.02. The summed E-state index contributed by atoms with van der Waals surface area (Å²) in [5.41, 5.74) is 3.44. The fourth-order valence-electron chi connectivity index (χ4n) is 2.47. The van der Waals surface area contributed by atoms with Crippen LogP contribution in [0.15, 0.2) is 34.8 Å². The molecule has 0 heterocycles. The van der Waals surface area contributed by atoms with Crippen LogP contribution in [0.3, 0.4) is 0 Å². The van der Waals surface area contributed by atoms with E-state index in [1.54, 1.807) is 7.05 Å². The van der Waals surface area contributed by atoms with Crippen LogP contribution >= 0.6 is 15.9 Å². The monoisotopic (exact) mass is 353 g/mol. The van der Waals surface area contributed by atoms with Crippen LogP contribution in [0.1, 0.15) is 28.3 Å². The molecule has 1 nitrogen and oxygen atoms in total. The third-order valence-corrected chi connectivity index (χ3v) is 4.13. The van der Waals surface area contributed by atoms with Gasteiger partial charge >= 0.3 is 0 Å². The molecule has 4 heteroatoms. The third-order valence-electron chi connectivity index (χ3n) is 3.67.